The quantitative estimate of drug-likeness (QED) is 0.334. The van der Waals surface area contributed by atoms with Crippen molar-refractivity contribution in [2.75, 3.05) is 11.6 Å². The third-order valence-corrected chi connectivity index (χ3v) is 5.24. The SMILES string of the molecule is C[C@@H]1Cc2cc([N+](=O)[O-])ccc2N1CN1C(=O)C(=O)N(Cc2ccccc2)C1=O. The number of carbonyl (C=O) groups excluding carboxylic acids is 3. The van der Waals surface area contributed by atoms with Gasteiger partial charge in [0.05, 0.1) is 11.5 Å². The lowest BCUT2D eigenvalue weighted by Crippen LogP contribution is -2.44. The number of rotatable bonds is 5. The first-order valence-corrected chi connectivity index (χ1v) is 9.12. The highest BCUT2D eigenvalue weighted by atomic mass is 16.6. The molecule has 1 fully saturated rings. The van der Waals surface area contributed by atoms with Gasteiger partial charge in [-0.3, -0.25) is 24.6 Å². The van der Waals surface area contributed by atoms with Crippen molar-refractivity contribution in [1.82, 2.24) is 9.80 Å². The van der Waals surface area contributed by atoms with E-state index in [2.05, 4.69) is 0 Å². The second-order valence-electron chi connectivity index (χ2n) is 7.13. The number of non-ortho nitro benzene ring substituents is 1. The fraction of sp³-hybridized carbons (Fsp3) is 0.250. The van der Waals surface area contributed by atoms with Crippen LogP contribution >= 0.6 is 0 Å². The molecule has 0 aliphatic carbocycles. The van der Waals surface area contributed by atoms with Gasteiger partial charge in [-0.25, -0.2) is 9.69 Å². The van der Waals surface area contributed by atoms with E-state index in [0.29, 0.717) is 6.42 Å². The highest BCUT2D eigenvalue weighted by Gasteiger charge is 2.46. The Kier molecular flexibility index (Phi) is 4.50. The van der Waals surface area contributed by atoms with Gasteiger partial charge in [0.15, 0.2) is 0 Å². The van der Waals surface area contributed by atoms with E-state index in [4.69, 9.17) is 0 Å². The summed E-state index contributed by atoms with van der Waals surface area (Å²) in [5.41, 5.74) is 2.24. The number of hydrogen-bond acceptors (Lipinski definition) is 6. The summed E-state index contributed by atoms with van der Waals surface area (Å²) >= 11 is 0. The Morgan fingerprint density at radius 1 is 1.03 bits per heavy atom. The first kappa shape index (κ1) is 18.6. The lowest BCUT2D eigenvalue weighted by molar-refractivity contribution is -0.384. The van der Waals surface area contributed by atoms with Crippen LogP contribution in [0.15, 0.2) is 48.5 Å². The molecule has 0 radical (unpaired) electrons. The first-order chi connectivity index (χ1) is 13.9. The Morgan fingerprint density at radius 3 is 2.41 bits per heavy atom. The summed E-state index contributed by atoms with van der Waals surface area (Å²) in [6, 6.07) is 12.7. The number of anilines is 1. The highest BCUT2D eigenvalue weighted by Crippen LogP contribution is 2.35. The Morgan fingerprint density at radius 2 is 1.72 bits per heavy atom. The minimum absolute atomic E-state index is 0.00432. The zero-order valence-electron chi connectivity index (χ0n) is 15.6. The maximum atomic E-state index is 12.8. The van der Waals surface area contributed by atoms with Crippen LogP contribution in [0.2, 0.25) is 0 Å². The largest absolute Gasteiger partial charge is 0.350 e. The summed E-state index contributed by atoms with van der Waals surface area (Å²) in [5.74, 6) is -1.72. The van der Waals surface area contributed by atoms with Gasteiger partial charge in [0.1, 0.15) is 6.67 Å². The van der Waals surface area contributed by atoms with Gasteiger partial charge in [0.25, 0.3) is 5.69 Å². The number of urea groups is 1. The van der Waals surface area contributed by atoms with Crippen LogP contribution in [-0.2, 0) is 22.6 Å². The molecule has 0 spiro atoms. The molecule has 4 rings (SSSR count). The number of fused-ring (bicyclic) bond motifs is 1. The monoisotopic (exact) mass is 394 g/mol. The molecular formula is C20H18N4O5. The first-order valence-electron chi connectivity index (χ1n) is 9.12. The molecule has 148 valence electrons. The van der Waals surface area contributed by atoms with E-state index >= 15 is 0 Å². The van der Waals surface area contributed by atoms with Crippen molar-refractivity contribution in [2.24, 2.45) is 0 Å². The molecule has 2 heterocycles. The second-order valence-corrected chi connectivity index (χ2v) is 7.13. The summed E-state index contributed by atoms with van der Waals surface area (Å²) in [4.78, 5) is 51.8. The van der Waals surface area contributed by atoms with Crippen LogP contribution in [0.1, 0.15) is 18.1 Å². The Balaban J connectivity index is 1.55. The molecule has 9 nitrogen and oxygen atoms in total. The van der Waals surface area contributed by atoms with Crippen LogP contribution in [0.25, 0.3) is 0 Å². The van der Waals surface area contributed by atoms with Crippen LogP contribution in [0.3, 0.4) is 0 Å². The molecule has 0 aromatic heterocycles. The predicted molar refractivity (Wildman–Crippen MR) is 103 cm³/mol. The predicted octanol–water partition coefficient (Wildman–Crippen LogP) is 2.29. The van der Waals surface area contributed by atoms with E-state index in [9.17, 15) is 24.5 Å². The van der Waals surface area contributed by atoms with E-state index in [1.54, 1.807) is 30.3 Å². The molecule has 9 heteroatoms. The van der Waals surface area contributed by atoms with Crippen LogP contribution < -0.4 is 4.90 Å². The van der Waals surface area contributed by atoms with Gasteiger partial charge in [-0.05, 0) is 30.5 Å². The van der Waals surface area contributed by atoms with Gasteiger partial charge in [0.2, 0.25) is 0 Å². The number of hydrogen-bond donors (Lipinski definition) is 0. The second kappa shape index (κ2) is 7.01. The van der Waals surface area contributed by atoms with Gasteiger partial charge >= 0.3 is 17.8 Å². The van der Waals surface area contributed by atoms with Crippen molar-refractivity contribution in [2.45, 2.75) is 25.9 Å². The Hall–Kier alpha value is -3.75. The molecule has 2 aromatic rings. The van der Waals surface area contributed by atoms with E-state index in [1.165, 1.54) is 12.1 Å². The lowest BCUT2D eigenvalue weighted by atomic mass is 10.1. The van der Waals surface area contributed by atoms with E-state index in [0.717, 1.165) is 26.6 Å². The number of nitro benzene ring substituents is 1. The normalized spacial score (nSPS) is 18.6. The molecule has 29 heavy (non-hydrogen) atoms. The summed E-state index contributed by atoms with van der Waals surface area (Å²) in [5, 5.41) is 11.0. The molecule has 2 aliphatic heterocycles. The highest BCUT2D eigenvalue weighted by molar-refractivity contribution is 6.44. The van der Waals surface area contributed by atoms with Gasteiger partial charge < -0.3 is 4.90 Å². The molecular weight excluding hydrogens is 376 g/mol. The number of nitrogens with zero attached hydrogens (tertiary/aromatic N) is 4. The molecule has 2 aliphatic rings. The number of imide groups is 2. The molecule has 4 amide bonds. The number of amides is 4. The maximum Gasteiger partial charge on any atom is 0.336 e. The molecule has 1 saturated heterocycles. The van der Waals surface area contributed by atoms with Crippen LogP contribution in [0.4, 0.5) is 16.2 Å². The summed E-state index contributed by atoms with van der Waals surface area (Å²) in [6.45, 7) is 1.85. The van der Waals surface area contributed by atoms with Crippen molar-refractivity contribution < 1.29 is 19.3 Å². The van der Waals surface area contributed by atoms with Gasteiger partial charge in [-0.15, -0.1) is 0 Å². The molecule has 2 aromatic carbocycles. The zero-order valence-corrected chi connectivity index (χ0v) is 15.6. The topological polar surface area (TPSA) is 104 Å². The van der Waals surface area contributed by atoms with Crippen molar-refractivity contribution in [3.63, 3.8) is 0 Å². The van der Waals surface area contributed by atoms with Crippen molar-refractivity contribution in [1.29, 1.82) is 0 Å². The third-order valence-electron chi connectivity index (χ3n) is 5.24. The van der Waals surface area contributed by atoms with Crippen LogP contribution in [0.5, 0.6) is 0 Å². The van der Waals surface area contributed by atoms with E-state index in [1.807, 2.05) is 17.9 Å². The minimum atomic E-state index is -0.867. The average Bonchev–Trinajstić information content (AvgIpc) is 3.12. The summed E-state index contributed by atoms with van der Waals surface area (Å²) in [7, 11) is 0. The Labute approximate surface area is 166 Å². The maximum absolute atomic E-state index is 12.8. The Bertz CT molecular complexity index is 1020. The molecule has 1 atom stereocenters. The smallest absolute Gasteiger partial charge is 0.336 e. The van der Waals surface area contributed by atoms with E-state index in [-0.39, 0.29) is 24.9 Å². The minimum Gasteiger partial charge on any atom is -0.350 e. The summed E-state index contributed by atoms with van der Waals surface area (Å²) in [6.07, 6.45) is 0.551. The van der Waals surface area contributed by atoms with Gasteiger partial charge in [-0.1, -0.05) is 30.3 Å². The van der Waals surface area contributed by atoms with Crippen LogP contribution in [0, 0.1) is 10.1 Å². The third kappa shape index (κ3) is 3.20. The molecule has 0 bridgehead atoms. The lowest BCUT2D eigenvalue weighted by Gasteiger charge is -2.28. The number of carbonyl (C=O) groups is 3. The zero-order chi connectivity index (χ0) is 20.7. The van der Waals surface area contributed by atoms with Crippen LogP contribution in [-0.4, -0.2) is 45.3 Å². The summed E-state index contributed by atoms with van der Waals surface area (Å²) < 4.78 is 0. The molecule has 0 unspecified atom stereocenters. The van der Waals surface area contributed by atoms with Crippen molar-refractivity contribution >= 4 is 29.2 Å². The fourth-order valence-corrected chi connectivity index (χ4v) is 3.74. The fourth-order valence-electron chi connectivity index (χ4n) is 3.74. The average molecular weight is 394 g/mol. The number of nitro groups is 1. The standard InChI is InChI=1S/C20H18N4O5/c1-13-9-15-10-16(24(28)29)7-8-17(15)22(13)12-23-19(26)18(25)21(20(23)27)11-14-5-3-2-4-6-14/h2-8,10,13H,9,11-12H2,1H3/t13-/m1/s1. The van der Waals surface area contributed by atoms with Gasteiger partial charge in [-0.2, -0.15) is 0 Å². The van der Waals surface area contributed by atoms with Crippen molar-refractivity contribution in [3.05, 3.63) is 69.8 Å². The van der Waals surface area contributed by atoms with E-state index < -0.39 is 22.8 Å². The van der Waals surface area contributed by atoms with Crippen molar-refractivity contribution in [3.8, 4) is 0 Å². The number of benzene rings is 2. The molecule has 0 saturated carbocycles. The molecule has 0 N–H and O–H groups in total. The van der Waals surface area contributed by atoms with Gasteiger partial charge in [0, 0.05) is 23.9 Å².